The van der Waals surface area contributed by atoms with Crippen LogP contribution < -0.4 is 5.32 Å². The molecule has 0 aromatic heterocycles. The summed E-state index contributed by atoms with van der Waals surface area (Å²) in [5.74, 6) is -3.23. The number of rotatable bonds is 1. The quantitative estimate of drug-likeness (QED) is 0.649. The molecule has 1 atom stereocenters. The van der Waals surface area contributed by atoms with Gasteiger partial charge in [0.05, 0.1) is 0 Å². The molecule has 0 bridgehead atoms. The van der Waals surface area contributed by atoms with E-state index < -0.39 is 24.3 Å². The van der Waals surface area contributed by atoms with Crippen molar-refractivity contribution >= 4 is 0 Å². The molecule has 1 saturated heterocycles. The number of halogens is 6. The Hall–Kier alpha value is -0.460. The van der Waals surface area contributed by atoms with Gasteiger partial charge in [0, 0.05) is 6.04 Å². The fraction of sp³-hybridized carbons (Fsp3) is 1.00. The van der Waals surface area contributed by atoms with Gasteiger partial charge in [0.1, 0.15) is 0 Å². The lowest BCUT2D eigenvalue weighted by atomic mass is 9.90. The second-order valence-corrected chi connectivity index (χ2v) is 2.91. The first kappa shape index (κ1) is 10.6. The maximum Gasteiger partial charge on any atom is 0.401 e. The zero-order valence-corrected chi connectivity index (χ0v) is 6.34. The molecule has 1 heterocycles. The highest BCUT2D eigenvalue weighted by Crippen LogP contribution is 2.43. The number of nitrogens with one attached hydrogen (secondary N) is 1. The molecule has 0 saturated carbocycles. The van der Waals surface area contributed by atoms with Crippen LogP contribution in [0.15, 0.2) is 0 Å². The van der Waals surface area contributed by atoms with Crippen molar-refractivity contribution in [1.29, 1.82) is 0 Å². The summed E-state index contributed by atoms with van der Waals surface area (Å²) in [5.41, 5.74) is 0. The van der Waals surface area contributed by atoms with Crippen LogP contribution in [0.2, 0.25) is 0 Å². The summed E-state index contributed by atoms with van der Waals surface area (Å²) in [4.78, 5) is 0. The van der Waals surface area contributed by atoms with Gasteiger partial charge >= 0.3 is 12.4 Å². The van der Waals surface area contributed by atoms with Crippen LogP contribution >= 0.6 is 0 Å². The lowest BCUT2D eigenvalue weighted by Crippen LogP contribution is -2.57. The molecule has 0 aliphatic carbocycles. The summed E-state index contributed by atoms with van der Waals surface area (Å²) in [5, 5.41) is 2.12. The normalized spacial score (nSPS) is 24.7. The Morgan fingerprint density at radius 1 is 1.00 bits per heavy atom. The number of hydrogen-bond acceptors (Lipinski definition) is 1. The van der Waals surface area contributed by atoms with Crippen LogP contribution in [-0.4, -0.2) is 24.9 Å². The summed E-state index contributed by atoms with van der Waals surface area (Å²) in [7, 11) is 0. The zero-order chi connectivity index (χ0) is 10.3. The molecule has 0 amide bonds. The Balaban J connectivity index is 2.76. The van der Waals surface area contributed by atoms with Crippen LogP contribution in [0.5, 0.6) is 0 Å². The van der Waals surface area contributed by atoms with Crippen molar-refractivity contribution in [1.82, 2.24) is 5.32 Å². The molecule has 78 valence electrons. The Kier molecular flexibility index (Phi) is 2.48. The lowest BCUT2D eigenvalue weighted by Gasteiger charge is -2.36. The Morgan fingerprint density at radius 3 is 1.46 bits per heavy atom. The van der Waals surface area contributed by atoms with Crippen molar-refractivity contribution in [2.45, 2.75) is 24.8 Å². The third-order valence-corrected chi connectivity index (χ3v) is 1.97. The smallest absolute Gasteiger partial charge is 0.313 e. The van der Waals surface area contributed by atoms with Crippen molar-refractivity contribution in [3.05, 3.63) is 0 Å². The van der Waals surface area contributed by atoms with Crippen molar-refractivity contribution in [3.63, 3.8) is 0 Å². The molecule has 0 aromatic carbocycles. The van der Waals surface area contributed by atoms with Crippen molar-refractivity contribution in [3.8, 4) is 0 Å². The minimum absolute atomic E-state index is 0.0797. The van der Waals surface area contributed by atoms with Gasteiger partial charge < -0.3 is 5.32 Å². The molecular formula is C6H7F6N. The lowest BCUT2D eigenvalue weighted by molar-refractivity contribution is -0.295. The summed E-state index contributed by atoms with van der Waals surface area (Å²) in [6.45, 7) is 0.216. The van der Waals surface area contributed by atoms with E-state index in [9.17, 15) is 26.3 Å². The second-order valence-electron chi connectivity index (χ2n) is 2.91. The van der Waals surface area contributed by atoms with Crippen molar-refractivity contribution in [2.24, 2.45) is 5.92 Å². The fourth-order valence-electron chi connectivity index (χ4n) is 1.24. The molecule has 0 radical (unpaired) electrons. The van der Waals surface area contributed by atoms with Gasteiger partial charge in [0.2, 0.25) is 0 Å². The van der Waals surface area contributed by atoms with E-state index in [4.69, 9.17) is 0 Å². The van der Waals surface area contributed by atoms with Crippen molar-refractivity contribution < 1.29 is 26.3 Å². The summed E-state index contributed by atoms with van der Waals surface area (Å²) >= 11 is 0. The van der Waals surface area contributed by atoms with Crippen LogP contribution in [0, 0.1) is 5.92 Å². The zero-order valence-electron chi connectivity index (χ0n) is 6.34. The number of hydrogen-bond donors (Lipinski definition) is 1. The minimum Gasteiger partial charge on any atom is -0.313 e. The predicted molar refractivity (Wildman–Crippen MR) is 32.0 cm³/mol. The SMILES string of the molecule is FC(F)(F)C(C1CCN1)C(F)(F)F. The third-order valence-electron chi connectivity index (χ3n) is 1.97. The van der Waals surface area contributed by atoms with Crippen LogP contribution in [0.1, 0.15) is 6.42 Å². The van der Waals surface area contributed by atoms with E-state index in [2.05, 4.69) is 5.32 Å². The predicted octanol–water partition coefficient (Wildman–Crippen LogP) is 2.09. The van der Waals surface area contributed by atoms with E-state index in [0.717, 1.165) is 0 Å². The topological polar surface area (TPSA) is 12.0 Å². The standard InChI is InChI=1S/C6H7F6N/c7-5(8,9)4(6(10,11)12)3-1-2-13-3/h3-4,13H,1-2H2. The largest absolute Gasteiger partial charge is 0.401 e. The van der Waals surface area contributed by atoms with Gasteiger partial charge in [-0.15, -0.1) is 0 Å². The maximum absolute atomic E-state index is 11.9. The first-order chi connectivity index (χ1) is 5.73. The molecular weight excluding hydrogens is 200 g/mol. The molecule has 1 unspecified atom stereocenters. The highest BCUT2D eigenvalue weighted by atomic mass is 19.4. The molecule has 1 aliphatic rings. The molecule has 7 heteroatoms. The van der Waals surface area contributed by atoms with E-state index in [1.165, 1.54) is 0 Å². The third kappa shape index (κ3) is 2.26. The molecule has 0 spiro atoms. The average Bonchev–Trinajstić information content (AvgIpc) is 1.71. The van der Waals surface area contributed by atoms with Gasteiger partial charge in [-0.05, 0) is 13.0 Å². The Labute approximate surface area is 70.1 Å². The molecule has 0 aromatic rings. The average molecular weight is 207 g/mol. The summed E-state index contributed by atoms with van der Waals surface area (Å²) in [6.07, 6.45) is -10.5. The van der Waals surface area contributed by atoms with E-state index in [1.54, 1.807) is 0 Å². The van der Waals surface area contributed by atoms with Crippen LogP contribution in [0.3, 0.4) is 0 Å². The first-order valence-electron chi connectivity index (χ1n) is 3.60. The molecule has 1 aliphatic heterocycles. The first-order valence-corrected chi connectivity index (χ1v) is 3.60. The monoisotopic (exact) mass is 207 g/mol. The van der Waals surface area contributed by atoms with Gasteiger partial charge in [0.15, 0.2) is 5.92 Å². The van der Waals surface area contributed by atoms with Gasteiger partial charge in [0.25, 0.3) is 0 Å². The molecule has 13 heavy (non-hydrogen) atoms. The molecule has 1 fully saturated rings. The highest BCUT2D eigenvalue weighted by Gasteiger charge is 2.61. The van der Waals surface area contributed by atoms with Gasteiger partial charge in [-0.25, -0.2) is 0 Å². The molecule has 1 rings (SSSR count). The fourth-order valence-corrected chi connectivity index (χ4v) is 1.24. The van der Waals surface area contributed by atoms with Gasteiger partial charge in [-0.1, -0.05) is 0 Å². The van der Waals surface area contributed by atoms with Gasteiger partial charge in [-0.3, -0.25) is 0 Å². The van der Waals surface area contributed by atoms with E-state index in [0.29, 0.717) is 0 Å². The van der Waals surface area contributed by atoms with E-state index in [1.807, 2.05) is 0 Å². The van der Waals surface area contributed by atoms with Crippen LogP contribution in [0.25, 0.3) is 0 Å². The van der Waals surface area contributed by atoms with E-state index >= 15 is 0 Å². The van der Waals surface area contributed by atoms with Crippen LogP contribution in [0.4, 0.5) is 26.3 Å². The van der Waals surface area contributed by atoms with Crippen molar-refractivity contribution in [2.75, 3.05) is 6.54 Å². The highest BCUT2D eigenvalue weighted by molar-refractivity contribution is 4.92. The van der Waals surface area contributed by atoms with Gasteiger partial charge in [-0.2, -0.15) is 26.3 Å². The van der Waals surface area contributed by atoms with Crippen LogP contribution in [-0.2, 0) is 0 Å². The molecule has 1 N–H and O–H groups in total. The summed E-state index contributed by atoms with van der Waals surface area (Å²) in [6, 6.07) is -1.50. The Bertz CT molecular complexity index is 165. The maximum atomic E-state index is 11.9. The second kappa shape index (κ2) is 3.04. The summed E-state index contributed by atoms with van der Waals surface area (Å²) < 4.78 is 71.6. The number of alkyl halides is 6. The Morgan fingerprint density at radius 2 is 1.38 bits per heavy atom. The minimum atomic E-state index is -5.21. The molecule has 1 nitrogen and oxygen atoms in total. The van der Waals surface area contributed by atoms with E-state index in [-0.39, 0.29) is 13.0 Å².